The Kier molecular flexibility index (Phi) is 4.81. The van der Waals surface area contributed by atoms with Gasteiger partial charge in [0, 0.05) is 28.5 Å². The van der Waals surface area contributed by atoms with E-state index in [9.17, 15) is 4.79 Å². The molecule has 1 N–H and O–H groups in total. The van der Waals surface area contributed by atoms with Gasteiger partial charge in [0.25, 0.3) is 0 Å². The number of ketones is 1. The predicted octanol–water partition coefficient (Wildman–Crippen LogP) is 5.07. The van der Waals surface area contributed by atoms with Gasteiger partial charge in [-0.25, -0.2) is 0 Å². The second-order valence-corrected chi connectivity index (χ2v) is 5.51. The molecule has 3 heteroatoms. The summed E-state index contributed by atoms with van der Waals surface area (Å²) in [5, 5.41) is 3.76. The minimum absolute atomic E-state index is 0.0243. The van der Waals surface area contributed by atoms with Crippen LogP contribution in [0.4, 0.5) is 5.69 Å². The second-order valence-electron chi connectivity index (χ2n) is 5.10. The molecule has 2 aromatic rings. The number of allylic oxidation sites excluding steroid dienone is 1. The third kappa shape index (κ3) is 3.96. The van der Waals surface area contributed by atoms with Crippen LogP contribution in [-0.2, 0) is 0 Å². The summed E-state index contributed by atoms with van der Waals surface area (Å²) >= 11 is 6.05. The molecule has 0 aliphatic carbocycles. The first-order valence-electron chi connectivity index (χ1n) is 6.78. The summed E-state index contributed by atoms with van der Waals surface area (Å²) in [5.74, 6) is -0.0243. The van der Waals surface area contributed by atoms with Crippen molar-refractivity contribution in [3.63, 3.8) is 0 Å². The number of carbonyl (C=O) groups excluding carboxylic acids is 1. The van der Waals surface area contributed by atoms with Crippen molar-refractivity contribution >= 4 is 23.1 Å². The number of nitrogens with one attached hydrogen (secondary N) is 1. The molecular weight excluding hydrogens is 282 g/mol. The summed E-state index contributed by atoms with van der Waals surface area (Å²) in [6.45, 7) is 5.98. The summed E-state index contributed by atoms with van der Waals surface area (Å²) < 4.78 is 0. The van der Waals surface area contributed by atoms with Crippen LogP contribution in [0.1, 0.15) is 27.0 Å². The van der Waals surface area contributed by atoms with Gasteiger partial charge in [-0.3, -0.25) is 4.79 Å². The molecule has 2 nitrogen and oxygen atoms in total. The van der Waals surface area contributed by atoms with E-state index in [0.29, 0.717) is 10.6 Å². The molecule has 0 saturated carbocycles. The lowest BCUT2D eigenvalue weighted by molar-refractivity contribution is 0.104. The van der Waals surface area contributed by atoms with Crippen LogP contribution in [0.5, 0.6) is 0 Å². The van der Waals surface area contributed by atoms with Crippen molar-refractivity contribution in [1.29, 1.82) is 0 Å². The number of hydrogen-bond acceptors (Lipinski definition) is 2. The van der Waals surface area contributed by atoms with E-state index in [0.717, 1.165) is 16.8 Å². The number of aryl methyl sites for hydroxylation is 3. The van der Waals surface area contributed by atoms with Gasteiger partial charge < -0.3 is 5.32 Å². The molecule has 0 aliphatic heterocycles. The van der Waals surface area contributed by atoms with E-state index in [-0.39, 0.29) is 5.78 Å². The number of rotatable bonds is 4. The molecule has 2 aromatic carbocycles. The van der Waals surface area contributed by atoms with E-state index in [1.54, 1.807) is 6.20 Å². The van der Waals surface area contributed by atoms with E-state index in [4.69, 9.17) is 11.6 Å². The Morgan fingerprint density at radius 3 is 2.38 bits per heavy atom. The molecule has 0 heterocycles. The van der Waals surface area contributed by atoms with Crippen molar-refractivity contribution in [3.05, 3.63) is 76.0 Å². The summed E-state index contributed by atoms with van der Waals surface area (Å²) in [7, 11) is 0. The molecule has 0 radical (unpaired) electrons. The third-order valence-electron chi connectivity index (χ3n) is 3.45. The van der Waals surface area contributed by atoms with Crippen molar-refractivity contribution in [2.45, 2.75) is 20.8 Å². The molecule has 2 rings (SSSR count). The standard InChI is InChI=1S/C18H18ClNO/c1-12-4-6-15(10-14(12)3)18(21)8-9-20-16-7-5-13(2)17(19)11-16/h4-11,20H,1-3H3/b9-8+. The topological polar surface area (TPSA) is 29.1 Å². The smallest absolute Gasteiger partial charge is 0.187 e. The third-order valence-corrected chi connectivity index (χ3v) is 3.86. The SMILES string of the molecule is Cc1ccc(C(=O)/C=C/Nc2ccc(C)c(Cl)c2)cc1C. The molecule has 0 amide bonds. The van der Waals surface area contributed by atoms with Gasteiger partial charge in [0.2, 0.25) is 0 Å². The van der Waals surface area contributed by atoms with Crippen LogP contribution in [-0.4, -0.2) is 5.78 Å². The Morgan fingerprint density at radius 2 is 1.71 bits per heavy atom. The van der Waals surface area contributed by atoms with Crippen LogP contribution in [0.2, 0.25) is 5.02 Å². The molecule has 0 fully saturated rings. The minimum Gasteiger partial charge on any atom is -0.362 e. The van der Waals surface area contributed by atoms with Gasteiger partial charge in [-0.2, -0.15) is 0 Å². The first-order valence-corrected chi connectivity index (χ1v) is 7.16. The number of benzene rings is 2. The largest absolute Gasteiger partial charge is 0.362 e. The van der Waals surface area contributed by atoms with Gasteiger partial charge in [0.1, 0.15) is 0 Å². The van der Waals surface area contributed by atoms with Crippen molar-refractivity contribution in [3.8, 4) is 0 Å². The maximum absolute atomic E-state index is 12.1. The zero-order valence-corrected chi connectivity index (χ0v) is 13.2. The molecular formula is C18H18ClNO. The first-order chi connectivity index (χ1) is 9.97. The second kappa shape index (κ2) is 6.59. The monoisotopic (exact) mass is 299 g/mol. The van der Waals surface area contributed by atoms with Crippen molar-refractivity contribution in [2.75, 3.05) is 5.32 Å². The van der Waals surface area contributed by atoms with Gasteiger partial charge in [-0.05, 0) is 55.7 Å². The highest BCUT2D eigenvalue weighted by atomic mass is 35.5. The Hall–Kier alpha value is -2.06. The predicted molar refractivity (Wildman–Crippen MR) is 89.2 cm³/mol. The average molecular weight is 300 g/mol. The van der Waals surface area contributed by atoms with E-state index >= 15 is 0 Å². The lowest BCUT2D eigenvalue weighted by atomic mass is 10.0. The molecule has 0 spiro atoms. The van der Waals surface area contributed by atoms with Crippen LogP contribution in [0, 0.1) is 20.8 Å². The summed E-state index contributed by atoms with van der Waals surface area (Å²) in [5.41, 5.74) is 4.88. The molecule has 108 valence electrons. The molecule has 0 bridgehead atoms. The summed E-state index contributed by atoms with van der Waals surface area (Å²) in [4.78, 5) is 12.1. The lowest BCUT2D eigenvalue weighted by Crippen LogP contribution is -1.97. The highest BCUT2D eigenvalue weighted by Crippen LogP contribution is 2.20. The van der Waals surface area contributed by atoms with E-state index in [1.807, 2.05) is 57.2 Å². The average Bonchev–Trinajstić information content (AvgIpc) is 2.45. The van der Waals surface area contributed by atoms with Crippen molar-refractivity contribution in [1.82, 2.24) is 0 Å². The highest BCUT2D eigenvalue weighted by Gasteiger charge is 2.03. The number of carbonyl (C=O) groups is 1. The quantitative estimate of drug-likeness (QED) is 0.630. The Labute approximate surface area is 130 Å². The van der Waals surface area contributed by atoms with Gasteiger partial charge in [0.05, 0.1) is 0 Å². The number of anilines is 1. The zero-order chi connectivity index (χ0) is 15.4. The summed E-state index contributed by atoms with van der Waals surface area (Å²) in [6, 6.07) is 11.4. The van der Waals surface area contributed by atoms with Gasteiger partial charge in [-0.1, -0.05) is 29.8 Å². The molecule has 0 atom stereocenters. The first kappa shape index (κ1) is 15.3. The van der Waals surface area contributed by atoms with Crippen LogP contribution in [0.25, 0.3) is 0 Å². The van der Waals surface area contributed by atoms with Crippen LogP contribution < -0.4 is 5.32 Å². The molecule has 0 aromatic heterocycles. The fraction of sp³-hybridized carbons (Fsp3) is 0.167. The maximum atomic E-state index is 12.1. The van der Waals surface area contributed by atoms with Crippen LogP contribution in [0.3, 0.4) is 0 Å². The van der Waals surface area contributed by atoms with Gasteiger partial charge in [0.15, 0.2) is 5.78 Å². The Balaban J connectivity index is 2.04. The van der Waals surface area contributed by atoms with Crippen molar-refractivity contribution < 1.29 is 4.79 Å². The zero-order valence-electron chi connectivity index (χ0n) is 12.4. The molecule has 0 unspecified atom stereocenters. The molecule has 0 aliphatic rings. The van der Waals surface area contributed by atoms with E-state index in [2.05, 4.69) is 5.32 Å². The van der Waals surface area contributed by atoms with Gasteiger partial charge in [-0.15, -0.1) is 0 Å². The van der Waals surface area contributed by atoms with E-state index in [1.165, 1.54) is 11.6 Å². The van der Waals surface area contributed by atoms with Crippen molar-refractivity contribution in [2.24, 2.45) is 0 Å². The highest BCUT2D eigenvalue weighted by molar-refractivity contribution is 6.31. The van der Waals surface area contributed by atoms with Crippen LogP contribution in [0.15, 0.2) is 48.7 Å². The normalized spacial score (nSPS) is 10.9. The maximum Gasteiger partial charge on any atom is 0.187 e. The lowest BCUT2D eigenvalue weighted by Gasteiger charge is -2.04. The molecule has 21 heavy (non-hydrogen) atoms. The minimum atomic E-state index is -0.0243. The molecule has 0 saturated heterocycles. The fourth-order valence-electron chi connectivity index (χ4n) is 1.89. The number of halogens is 1. The Bertz CT molecular complexity index is 704. The number of hydrogen-bond donors (Lipinski definition) is 1. The fourth-order valence-corrected chi connectivity index (χ4v) is 2.07. The van der Waals surface area contributed by atoms with E-state index < -0.39 is 0 Å². The summed E-state index contributed by atoms with van der Waals surface area (Å²) in [6.07, 6.45) is 3.16. The van der Waals surface area contributed by atoms with Gasteiger partial charge >= 0.3 is 0 Å². The van der Waals surface area contributed by atoms with Crippen LogP contribution >= 0.6 is 11.6 Å². The Morgan fingerprint density at radius 1 is 1.00 bits per heavy atom.